The maximum atomic E-state index is 11.4. The maximum absolute atomic E-state index is 11.4. The van der Waals surface area contributed by atoms with Crippen LogP contribution in [-0.2, 0) is 4.74 Å². The normalized spacial score (nSPS) is 17.7. The van der Waals surface area contributed by atoms with Gasteiger partial charge in [0.15, 0.2) is 0 Å². The zero-order valence-electron chi connectivity index (χ0n) is 8.77. The summed E-state index contributed by atoms with van der Waals surface area (Å²) in [6.07, 6.45) is 3.66. The van der Waals surface area contributed by atoms with Crippen LogP contribution in [0.3, 0.4) is 0 Å². The Morgan fingerprint density at radius 2 is 2.33 bits per heavy atom. The summed E-state index contributed by atoms with van der Waals surface area (Å²) in [5, 5.41) is 7.48. The maximum Gasteiger partial charge on any atom is 0.356 e. The Hall–Kier alpha value is -1.36. The molecule has 1 fully saturated rings. The number of nitrogens with zero attached hydrogens (tertiary/aromatic N) is 2. The number of aromatic nitrogens is 2. The zero-order chi connectivity index (χ0) is 10.7. The third-order valence-corrected chi connectivity index (χ3v) is 2.72. The monoisotopic (exact) mass is 209 g/mol. The van der Waals surface area contributed by atoms with Gasteiger partial charge in [-0.3, -0.25) is 4.68 Å². The molecule has 0 atom stereocenters. The first-order valence-corrected chi connectivity index (χ1v) is 5.15. The SMILES string of the molecule is COC(=O)c1ccnn1C1CCNCC1. The summed E-state index contributed by atoms with van der Waals surface area (Å²) >= 11 is 0. The molecule has 0 aliphatic carbocycles. The van der Waals surface area contributed by atoms with Gasteiger partial charge in [-0.1, -0.05) is 0 Å². The number of piperidine rings is 1. The molecule has 82 valence electrons. The van der Waals surface area contributed by atoms with Gasteiger partial charge in [-0.2, -0.15) is 5.10 Å². The standard InChI is InChI=1S/C10H15N3O2/c1-15-10(14)9-4-7-12-13(9)8-2-5-11-6-3-8/h4,7-8,11H,2-3,5-6H2,1H3. The molecular weight excluding hydrogens is 194 g/mol. The molecule has 0 radical (unpaired) electrons. The molecule has 0 spiro atoms. The van der Waals surface area contributed by atoms with E-state index in [1.165, 1.54) is 7.11 Å². The number of hydrogen-bond donors (Lipinski definition) is 1. The van der Waals surface area contributed by atoms with Crippen LogP contribution in [0.1, 0.15) is 29.4 Å². The number of carbonyl (C=O) groups excluding carboxylic acids is 1. The summed E-state index contributed by atoms with van der Waals surface area (Å²) in [7, 11) is 1.39. The number of esters is 1. The van der Waals surface area contributed by atoms with Crippen molar-refractivity contribution in [3.63, 3.8) is 0 Å². The van der Waals surface area contributed by atoms with E-state index in [1.807, 2.05) is 0 Å². The first-order valence-electron chi connectivity index (χ1n) is 5.15. The van der Waals surface area contributed by atoms with Crippen molar-refractivity contribution in [2.75, 3.05) is 20.2 Å². The van der Waals surface area contributed by atoms with E-state index in [0.29, 0.717) is 11.7 Å². The van der Waals surface area contributed by atoms with Crippen molar-refractivity contribution in [2.24, 2.45) is 0 Å². The second-order valence-corrected chi connectivity index (χ2v) is 3.63. The topological polar surface area (TPSA) is 56.1 Å². The molecule has 0 bridgehead atoms. The van der Waals surface area contributed by atoms with Crippen LogP contribution in [0.5, 0.6) is 0 Å². The van der Waals surface area contributed by atoms with Crippen molar-refractivity contribution >= 4 is 5.97 Å². The molecule has 5 nitrogen and oxygen atoms in total. The Labute approximate surface area is 88.4 Å². The van der Waals surface area contributed by atoms with Gasteiger partial charge >= 0.3 is 5.97 Å². The van der Waals surface area contributed by atoms with Crippen molar-refractivity contribution in [3.8, 4) is 0 Å². The average Bonchev–Trinajstić information content (AvgIpc) is 2.78. The molecule has 1 aromatic heterocycles. The Bertz CT molecular complexity index is 342. The van der Waals surface area contributed by atoms with Gasteiger partial charge in [0.2, 0.25) is 0 Å². The molecule has 0 saturated carbocycles. The lowest BCUT2D eigenvalue weighted by Crippen LogP contribution is -2.31. The zero-order valence-corrected chi connectivity index (χ0v) is 8.77. The van der Waals surface area contributed by atoms with Crippen molar-refractivity contribution < 1.29 is 9.53 Å². The van der Waals surface area contributed by atoms with Gasteiger partial charge in [0.05, 0.1) is 13.2 Å². The highest BCUT2D eigenvalue weighted by atomic mass is 16.5. The summed E-state index contributed by atoms with van der Waals surface area (Å²) in [5.74, 6) is -0.314. The summed E-state index contributed by atoms with van der Waals surface area (Å²) in [5.41, 5.74) is 0.546. The second-order valence-electron chi connectivity index (χ2n) is 3.63. The molecule has 1 aliphatic rings. The van der Waals surface area contributed by atoms with Crippen LogP contribution in [0.2, 0.25) is 0 Å². The van der Waals surface area contributed by atoms with Gasteiger partial charge in [-0.25, -0.2) is 4.79 Å². The summed E-state index contributed by atoms with van der Waals surface area (Å²) in [6, 6.07) is 2.02. The van der Waals surface area contributed by atoms with Crippen LogP contribution in [0, 0.1) is 0 Å². The molecule has 0 aromatic carbocycles. The molecule has 1 aliphatic heterocycles. The van der Waals surface area contributed by atoms with Crippen LogP contribution in [0.4, 0.5) is 0 Å². The van der Waals surface area contributed by atoms with Crippen LogP contribution in [0.15, 0.2) is 12.3 Å². The third kappa shape index (κ3) is 2.02. The highest BCUT2D eigenvalue weighted by Gasteiger charge is 2.21. The number of hydrogen-bond acceptors (Lipinski definition) is 4. The molecule has 2 rings (SSSR count). The van der Waals surface area contributed by atoms with Crippen LogP contribution in [0.25, 0.3) is 0 Å². The molecule has 0 amide bonds. The van der Waals surface area contributed by atoms with Crippen molar-refractivity contribution in [2.45, 2.75) is 18.9 Å². The molecule has 2 heterocycles. The van der Waals surface area contributed by atoms with E-state index >= 15 is 0 Å². The number of ether oxygens (including phenoxy) is 1. The third-order valence-electron chi connectivity index (χ3n) is 2.72. The molecule has 15 heavy (non-hydrogen) atoms. The average molecular weight is 209 g/mol. The Balaban J connectivity index is 2.19. The van der Waals surface area contributed by atoms with Gasteiger partial charge in [0, 0.05) is 6.20 Å². The molecule has 1 N–H and O–H groups in total. The number of nitrogens with one attached hydrogen (secondary N) is 1. The largest absolute Gasteiger partial charge is 0.464 e. The lowest BCUT2D eigenvalue weighted by molar-refractivity contribution is 0.0581. The Morgan fingerprint density at radius 3 is 3.00 bits per heavy atom. The van der Waals surface area contributed by atoms with Crippen LogP contribution in [-0.4, -0.2) is 35.9 Å². The van der Waals surface area contributed by atoms with Gasteiger partial charge in [-0.15, -0.1) is 0 Å². The Morgan fingerprint density at radius 1 is 1.60 bits per heavy atom. The summed E-state index contributed by atoms with van der Waals surface area (Å²) < 4.78 is 6.50. The van der Waals surface area contributed by atoms with Gasteiger partial charge in [0.1, 0.15) is 5.69 Å². The van der Waals surface area contributed by atoms with Crippen LogP contribution < -0.4 is 5.32 Å². The highest BCUT2D eigenvalue weighted by Crippen LogP contribution is 2.19. The minimum Gasteiger partial charge on any atom is -0.464 e. The summed E-state index contributed by atoms with van der Waals surface area (Å²) in [4.78, 5) is 11.4. The van der Waals surface area contributed by atoms with Gasteiger partial charge < -0.3 is 10.1 Å². The highest BCUT2D eigenvalue weighted by molar-refractivity contribution is 5.87. The van der Waals surface area contributed by atoms with Crippen LogP contribution >= 0.6 is 0 Å². The predicted molar refractivity (Wildman–Crippen MR) is 54.7 cm³/mol. The fourth-order valence-corrected chi connectivity index (χ4v) is 1.92. The van der Waals surface area contributed by atoms with E-state index in [4.69, 9.17) is 4.74 Å². The van der Waals surface area contributed by atoms with Gasteiger partial charge in [0.25, 0.3) is 0 Å². The molecular formula is C10H15N3O2. The van der Waals surface area contributed by atoms with E-state index < -0.39 is 0 Å². The fourth-order valence-electron chi connectivity index (χ4n) is 1.92. The predicted octanol–water partition coefficient (Wildman–Crippen LogP) is 0.594. The van der Waals surface area contributed by atoms with E-state index in [2.05, 4.69) is 10.4 Å². The number of carbonyl (C=O) groups is 1. The van der Waals surface area contributed by atoms with E-state index in [-0.39, 0.29) is 5.97 Å². The summed E-state index contributed by atoms with van der Waals surface area (Å²) in [6.45, 7) is 1.95. The lowest BCUT2D eigenvalue weighted by atomic mass is 10.1. The smallest absolute Gasteiger partial charge is 0.356 e. The minimum absolute atomic E-state index is 0.314. The number of rotatable bonds is 2. The van der Waals surface area contributed by atoms with Crippen molar-refractivity contribution in [3.05, 3.63) is 18.0 Å². The molecule has 5 heteroatoms. The van der Waals surface area contributed by atoms with Crippen molar-refractivity contribution in [1.82, 2.24) is 15.1 Å². The minimum atomic E-state index is -0.314. The van der Waals surface area contributed by atoms with E-state index in [9.17, 15) is 4.79 Å². The number of methoxy groups -OCH3 is 1. The quantitative estimate of drug-likeness (QED) is 0.724. The van der Waals surface area contributed by atoms with E-state index in [0.717, 1.165) is 25.9 Å². The first kappa shape index (κ1) is 10.2. The molecule has 1 aromatic rings. The van der Waals surface area contributed by atoms with E-state index in [1.54, 1.807) is 16.9 Å². The van der Waals surface area contributed by atoms with Gasteiger partial charge in [-0.05, 0) is 32.0 Å². The lowest BCUT2D eigenvalue weighted by Gasteiger charge is -2.24. The first-order chi connectivity index (χ1) is 7.33. The molecule has 0 unspecified atom stereocenters. The fraction of sp³-hybridized carbons (Fsp3) is 0.600. The molecule has 1 saturated heterocycles. The second kappa shape index (κ2) is 4.44. The van der Waals surface area contributed by atoms with Crippen molar-refractivity contribution in [1.29, 1.82) is 0 Å². The Kier molecular flexibility index (Phi) is 3.01.